The number of hydrogen-bond acceptors (Lipinski definition) is 11. The smallest absolute Gasteiger partial charge is 0.150 e. The molecule has 15 nitrogen and oxygen atoms in total. The van der Waals surface area contributed by atoms with E-state index < -0.39 is 6.10 Å². The number of aromatic nitrogens is 8. The normalized spacial score (nSPS) is 25.0. The van der Waals surface area contributed by atoms with Crippen LogP contribution in [0.15, 0.2) is 58.5 Å². The first kappa shape index (κ1) is 45.7. The maximum Gasteiger partial charge on any atom is 0.150 e. The Morgan fingerprint density at radius 1 is 0.745 bits per heavy atom. The third-order valence-electron chi connectivity index (χ3n) is 9.57. The number of halogens is 3. The molecule has 306 valence electrons. The standard InChI is InChI=1S/C13H20N2O3.C8H11BrN2O.C8H12N2O.C5H8O2.C3H3BrN2.HI/c16-13(10-4-6-17-9-10)11-7-14-15(8-11)12-3-1-2-5-18-12;9-7-5-10-11(6-7)8-3-1-2-4-12-8;1-2-11-6-7(1)3-8-4-9-10-5-8;6-3-5-1-2-7-4-5;4-3-1-5-6-2-3;/h7-8,10,12-13,16H,1-6,9H2;5-6,8H,1-4H2;4-5,7H,1-3,6H2,(H,9,10);3,5H,1-2,4H2;1-2H,(H,5,6);1H/p-1. The minimum Gasteiger partial charge on any atom is -1.00 e. The second-order valence-electron chi connectivity index (χ2n) is 13.8. The number of aldehydes is 1. The Hall–Kier alpha value is -2.04. The van der Waals surface area contributed by atoms with E-state index >= 15 is 0 Å². The first-order chi connectivity index (χ1) is 26.5. The second-order valence-corrected chi connectivity index (χ2v) is 15.7. The predicted octanol–water partition coefficient (Wildman–Crippen LogP) is 3.38. The van der Waals surface area contributed by atoms with Gasteiger partial charge in [-0.3, -0.25) is 10.2 Å². The van der Waals surface area contributed by atoms with E-state index in [2.05, 4.69) is 62.5 Å². The summed E-state index contributed by atoms with van der Waals surface area (Å²) in [6.45, 7) is 6.33. The van der Waals surface area contributed by atoms with Gasteiger partial charge in [-0.2, -0.15) is 20.4 Å². The van der Waals surface area contributed by atoms with Crippen LogP contribution in [0.25, 0.3) is 0 Å². The zero-order chi connectivity index (χ0) is 37.8. The van der Waals surface area contributed by atoms with Gasteiger partial charge in [-0.15, -0.1) is 0 Å². The molecule has 0 spiro atoms. The van der Waals surface area contributed by atoms with Crippen molar-refractivity contribution < 1.29 is 57.6 Å². The van der Waals surface area contributed by atoms with Gasteiger partial charge in [0.1, 0.15) is 18.7 Å². The van der Waals surface area contributed by atoms with E-state index in [1.54, 1.807) is 24.8 Å². The first-order valence-corrected chi connectivity index (χ1v) is 20.5. The number of nitrogens with one attached hydrogen (secondary N) is 2. The number of nitrogens with zero attached hydrogens (tertiary/aromatic N) is 6. The third kappa shape index (κ3) is 16.4. The molecule has 0 amide bonds. The Bertz CT molecular complexity index is 1530. The van der Waals surface area contributed by atoms with Gasteiger partial charge in [0.05, 0.1) is 53.1 Å². The van der Waals surface area contributed by atoms with Gasteiger partial charge in [-0.1, -0.05) is 0 Å². The molecule has 6 atom stereocenters. The van der Waals surface area contributed by atoms with Crippen LogP contribution in [0.3, 0.4) is 0 Å². The zero-order valence-corrected chi connectivity index (χ0v) is 36.4. The van der Waals surface area contributed by atoms with Crippen molar-refractivity contribution in [3.05, 3.63) is 69.6 Å². The molecule has 18 heteroatoms. The maximum absolute atomic E-state index is 10.3. The highest BCUT2D eigenvalue weighted by atomic mass is 127. The number of carbonyl (C=O) groups is 1. The average molecular weight is 1010 g/mol. The Labute approximate surface area is 356 Å². The lowest BCUT2D eigenvalue weighted by Crippen LogP contribution is -3.00. The molecule has 5 saturated heterocycles. The third-order valence-corrected chi connectivity index (χ3v) is 10.4. The largest absolute Gasteiger partial charge is 1.00 e. The number of rotatable bonds is 7. The number of ether oxygens (including phenoxy) is 5. The van der Waals surface area contributed by atoms with Crippen LogP contribution in [-0.4, -0.2) is 104 Å². The summed E-state index contributed by atoms with van der Waals surface area (Å²) in [5.41, 5.74) is 2.17. The minimum absolute atomic E-state index is 0. The van der Waals surface area contributed by atoms with Crippen molar-refractivity contribution >= 4 is 38.1 Å². The van der Waals surface area contributed by atoms with Crippen LogP contribution in [0.4, 0.5) is 0 Å². The number of aromatic amines is 2. The Balaban J connectivity index is 0.000000161. The lowest BCUT2D eigenvalue weighted by Gasteiger charge is -2.22. The molecule has 5 aliphatic rings. The number of carbonyl (C=O) groups excluding carboxylic acids is 1. The highest BCUT2D eigenvalue weighted by Gasteiger charge is 2.27. The quantitative estimate of drug-likeness (QED) is 0.183. The summed E-state index contributed by atoms with van der Waals surface area (Å²) >= 11 is 6.55. The van der Waals surface area contributed by atoms with Gasteiger partial charge < -0.3 is 57.6 Å². The van der Waals surface area contributed by atoms with Gasteiger partial charge in [0.15, 0.2) is 0 Å². The number of hydrogen-bond donors (Lipinski definition) is 3. The molecule has 0 bridgehead atoms. The molecule has 55 heavy (non-hydrogen) atoms. The van der Waals surface area contributed by atoms with Crippen LogP contribution >= 0.6 is 31.9 Å². The van der Waals surface area contributed by atoms with Crippen molar-refractivity contribution in [3.8, 4) is 0 Å². The lowest BCUT2D eigenvalue weighted by molar-refractivity contribution is -0.111. The molecule has 0 aliphatic carbocycles. The molecule has 6 unspecified atom stereocenters. The highest BCUT2D eigenvalue weighted by molar-refractivity contribution is 9.10. The average Bonchev–Trinajstić information content (AvgIpc) is 4.06. The van der Waals surface area contributed by atoms with E-state index in [0.29, 0.717) is 19.1 Å². The summed E-state index contributed by atoms with van der Waals surface area (Å²) in [6, 6.07) is 0. The van der Waals surface area contributed by atoms with Crippen molar-refractivity contribution in [2.75, 3.05) is 52.9 Å². The van der Waals surface area contributed by atoms with Gasteiger partial charge in [0, 0.05) is 81.8 Å². The summed E-state index contributed by atoms with van der Waals surface area (Å²) in [6.07, 6.45) is 26.4. The van der Waals surface area contributed by atoms with Crippen LogP contribution in [0.5, 0.6) is 0 Å². The molecular formula is C37H54Br2IN8O7-. The molecule has 4 aromatic heterocycles. The van der Waals surface area contributed by atoms with Crippen LogP contribution in [0, 0.1) is 17.8 Å². The predicted molar refractivity (Wildman–Crippen MR) is 206 cm³/mol. The molecule has 4 aromatic rings. The van der Waals surface area contributed by atoms with Crippen molar-refractivity contribution in [1.29, 1.82) is 0 Å². The summed E-state index contributed by atoms with van der Waals surface area (Å²) in [4.78, 5) is 9.93. The maximum atomic E-state index is 10.3. The van der Waals surface area contributed by atoms with Crippen molar-refractivity contribution in [2.45, 2.75) is 82.8 Å². The Morgan fingerprint density at radius 3 is 1.87 bits per heavy atom. The fourth-order valence-corrected chi connectivity index (χ4v) is 6.94. The molecule has 9 rings (SSSR count). The second kappa shape index (κ2) is 26.1. The van der Waals surface area contributed by atoms with Crippen LogP contribution in [0.1, 0.15) is 87.5 Å². The van der Waals surface area contributed by atoms with Gasteiger partial charge in [-0.05, 0) is 108 Å². The van der Waals surface area contributed by atoms with Crippen molar-refractivity contribution in [1.82, 2.24) is 40.0 Å². The SMILES string of the molecule is Brc1cn[nH]c1.Brc1cnn(C2CCCCO2)c1.O=CC1CCOC1.OC(c1cnn(C2CCCCO2)c1)C1CCOC1.[I-].c1n[nH]cc1CC1CCOC1. The Morgan fingerprint density at radius 2 is 1.40 bits per heavy atom. The molecule has 3 N–H and O–H groups in total. The van der Waals surface area contributed by atoms with E-state index in [-0.39, 0.29) is 48.3 Å². The molecular weight excluding hydrogens is 955 g/mol. The molecule has 9 heterocycles. The summed E-state index contributed by atoms with van der Waals surface area (Å²) in [5.74, 6) is 1.11. The van der Waals surface area contributed by atoms with E-state index in [0.717, 1.165) is 99.0 Å². The van der Waals surface area contributed by atoms with E-state index in [4.69, 9.17) is 23.7 Å². The van der Waals surface area contributed by atoms with E-state index in [9.17, 15) is 9.90 Å². The van der Waals surface area contributed by atoms with Crippen LogP contribution in [0.2, 0.25) is 0 Å². The van der Waals surface area contributed by atoms with Gasteiger partial charge in [-0.25, -0.2) is 9.36 Å². The van der Waals surface area contributed by atoms with Crippen molar-refractivity contribution in [3.63, 3.8) is 0 Å². The number of aliphatic hydroxyl groups is 1. The zero-order valence-electron chi connectivity index (χ0n) is 31.1. The molecule has 0 saturated carbocycles. The Kier molecular flexibility index (Phi) is 21.6. The van der Waals surface area contributed by atoms with Crippen LogP contribution in [-0.2, 0) is 34.9 Å². The molecule has 0 aromatic carbocycles. The van der Waals surface area contributed by atoms with Crippen LogP contribution < -0.4 is 24.0 Å². The van der Waals surface area contributed by atoms with Gasteiger partial charge >= 0.3 is 0 Å². The minimum atomic E-state index is -0.468. The summed E-state index contributed by atoms with van der Waals surface area (Å²) in [5, 5.41) is 31.8. The topological polar surface area (TPSA) is 176 Å². The highest BCUT2D eigenvalue weighted by Crippen LogP contribution is 2.30. The lowest BCUT2D eigenvalue weighted by atomic mass is 9.97. The fraction of sp³-hybridized carbons (Fsp3) is 0.649. The van der Waals surface area contributed by atoms with Gasteiger partial charge in [0.25, 0.3) is 0 Å². The number of aliphatic hydroxyl groups excluding tert-OH is 1. The van der Waals surface area contributed by atoms with E-state index in [1.807, 2.05) is 34.2 Å². The molecule has 0 radical (unpaired) electrons. The summed E-state index contributed by atoms with van der Waals surface area (Å²) in [7, 11) is 0. The summed E-state index contributed by atoms with van der Waals surface area (Å²) < 4.78 is 32.5. The first-order valence-electron chi connectivity index (χ1n) is 18.9. The molecule has 5 aliphatic heterocycles. The molecule has 5 fully saturated rings. The number of H-pyrrole nitrogens is 2. The monoisotopic (exact) mass is 1010 g/mol. The van der Waals surface area contributed by atoms with E-state index in [1.165, 1.54) is 31.2 Å². The van der Waals surface area contributed by atoms with Crippen molar-refractivity contribution in [2.24, 2.45) is 17.8 Å². The van der Waals surface area contributed by atoms with Gasteiger partial charge in [0.2, 0.25) is 0 Å². The fourth-order valence-electron chi connectivity index (χ4n) is 6.44.